The summed E-state index contributed by atoms with van der Waals surface area (Å²) < 4.78 is 7.77. The van der Waals surface area contributed by atoms with Crippen LogP contribution < -0.4 is 10.1 Å². The lowest BCUT2D eigenvalue weighted by atomic mass is 10.2. The Morgan fingerprint density at radius 3 is 2.68 bits per heavy atom. The van der Waals surface area contributed by atoms with Gasteiger partial charge in [0.1, 0.15) is 12.4 Å². The zero-order valence-corrected chi connectivity index (χ0v) is 16.2. The van der Waals surface area contributed by atoms with Crippen molar-refractivity contribution >= 4 is 17.7 Å². The minimum atomic E-state index is -0.00364. The third-order valence-electron chi connectivity index (χ3n) is 3.74. The van der Waals surface area contributed by atoms with Crippen molar-refractivity contribution < 1.29 is 9.53 Å². The zero-order chi connectivity index (χ0) is 18.2. The second-order valence-corrected chi connectivity index (χ2v) is 7.31. The number of benzene rings is 1. The number of carbonyl (C=O) groups excluding carboxylic acids is 1. The molecule has 0 aliphatic heterocycles. The normalized spacial score (nSPS) is 10.9. The number of hydrogen-bond acceptors (Lipinski definition) is 4. The summed E-state index contributed by atoms with van der Waals surface area (Å²) in [6, 6.07) is 9.59. The van der Waals surface area contributed by atoms with Crippen LogP contribution in [0.4, 0.5) is 0 Å². The average molecular weight is 362 g/mol. The van der Waals surface area contributed by atoms with Gasteiger partial charge in [0.2, 0.25) is 5.91 Å². The molecule has 1 N–H and O–H groups in total. The maximum atomic E-state index is 12.0. The van der Waals surface area contributed by atoms with Crippen LogP contribution in [0.25, 0.3) is 0 Å². The van der Waals surface area contributed by atoms with Crippen molar-refractivity contribution in [2.24, 2.45) is 5.92 Å². The molecule has 25 heavy (non-hydrogen) atoms. The van der Waals surface area contributed by atoms with Crippen molar-refractivity contribution in [2.45, 2.75) is 39.4 Å². The van der Waals surface area contributed by atoms with Gasteiger partial charge in [0, 0.05) is 12.2 Å². The zero-order valence-electron chi connectivity index (χ0n) is 15.4. The van der Waals surface area contributed by atoms with E-state index in [1.807, 2.05) is 37.3 Å². The maximum absolute atomic E-state index is 12.0. The number of nitrogens with zero attached hydrogens (tertiary/aromatic N) is 2. The van der Waals surface area contributed by atoms with Gasteiger partial charge in [0.05, 0.1) is 18.0 Å². The molecule has 2 aromatic rings. The van der Waals surface area contributed by atoms with Crippen molar-refractivity contribution in [3.8, 4) is 5.75 Å². The van der Waals surface area contributed by atoms with Gasteiger partial charge in [-0.2, -0.15) is 0 Å². The summed E-state index contributed by atoms with van der Waals surface area (Å²) in [6.07, 6.45) is 0. The Labute approximate surface area is 154 Å². The van der Waals surface area contributed by atoms with E-state index >= 15 is 0 Å². The molecule has 1 heterocycles. The van der Waals surface area contributed by atoms with Crippen molar-refractivity contribution in [2.75, 3.05) is 18.9 Å². The average Bonchev–Trinajstić information content (AvgIpc) is 2.85. The Morgan fingerprint density at radius 1 is 1.28 bits per heavy atom. The molecular weight excluding hydrogens is 334 g/mol. The summed E-state index contributed by atoms with van der Waals surface area (Å²) in [5, 5.41) is 3.80. The standard InChI is InChI=1S/C19H27N3O2S/c1-14(2)12-22-16(4)15(3)21-19(22)25-13-18(23)20-10-11-24-17-8-6-5-7-9-17/h5-9,14H,10-13H2,1-4H3,(H,20,23). The third kappa shape index (κ3) is 6.12. The number of amides is 1. The second kappa shape index (κ2) is 9.51. The lowest BCUT2D eigenvalue weighted by Crippen LogP contribution is -2.29. The van der Waals surface area contributed by atoms with Crippen LogP contribution in [0.2, 0.25) is 0 Å². The molecule has 0 atom stereocenters. The number of ether oxygens (including phenoxy) is 1. The summed E-state index contributed by atoms with van der Waals surface area (Å²) in [6.45, 7) is 10.3. The molecule has 0 radical (unpaired) electrons. The number of nitrogens with one attached hydrogen (secondary N) is 1. The first-order valence-electron chi connectivity index (χ1n) is 8.58. The summed E-state index contributed by atoms with van der Waals surface area (Å²) in [5.41, 5.74) is 2.20. The van der Waals surface area contributed by atoms with Gasteiger partial charge in [0.15, 0.2) is 5.16 Å². The fraction of sp³-hybridized carbons (Fsp3) is 0.474. The molecular formula is C19H27N3O2S. The molecule has 0 aliphatic rings. The first-order chi connectivity index (χ1) is 12.0. The van der Waals surface area contributed by atoms with E-state index in [1.54, 1.807) is 0 Å². The smallest absolute Gasteiger partial charge is 0.230 e. The van der Waals surface area contributed by atoms with Gasteiger partial charge in [-0.1, -0.05) is 43.8 Å². The van der Waals surface area contributed by atoms with Crippen LogP contribution in [0.15, 0.2) is 35.5 Å². The van der Waals surface area contributed by atoms with E-state index in [9.17, 15) is 4.79 Å². The van der Waals surface area contributed by atoms with Gasteiger partial charge < -0.3 is 14.6 Å². The fourth-order valence-corrected chi connectivity index (χ4v) is 3.30. The van der Waals surface area contributed by atoms with Gasteiger partial charge in [-0.05, 0) is 31.9 Å². The van der Waals surface area contributed by atoms with E-state index in [4.69, 9.17) is 4.74 Å². The van der Waals surface area contributed by atoms with Crippen LogP contribution in [-0.4, -0.2) is 34.4 Å². The molecule has 136 valence electrons. The fourth-order valence-electron chi connectivity index (χ4n) is 2.37. The van der Waals surface area contributed by atoms with Crippen molar-refractivity contribution in [1.29, 1.82) is 0 Å². The SMILES string of the molecule is Cc1nc(SCC(=O)NCCOc2ccccc2)n(CC(C)C)c1C. The van der Waals surface area contributed by atoms with Gasteiger partial charge in [-0.3, -0.25) is 4.79 Å². The Morgan fingerprint density at radius 2 is 2.00 bits per heavy atom. The highest BCUT2D eigenvalue weighted by molar-refractivity contribution is 7.99. The topological polar surface area (TPSA) is 56.1 Å². The van der Waals surface area contributed by atoms with E-state index in [0.717, 1.165) is 23.1 Å². The summed E-state index contributed by atoms with van der Waals surface area (Å²) in [7, 11) is 0. The van der Waals surface area contributed by atoms with Crippen LogP contribution in [0, 0.1) is 19.8 Å². The minimum absolute atomic E-state index is 0.00364. The Kier molecular flexibility index (Phi) is 7.37. The van der Waals surface area contributed by atoms with E-state index < -0.39 is 0 Å². The molecule has 0 saturated heterocycles. The predicted octanol–water partition coefficient (Wildman–Crippen LogP) is 3.44. The summed E-state index contributed by atoms with van der Waals surface area (Å²) in [5.74, 6) is 1.71. The summed E-state index contributed by atoms with van der Waals surface area (Å²) >= 11 is 1.49. The van der Waals surface area contributed by atoms with E-state index in [-0.39, 0.29) is 5.91 Å². The highest BCUT2D eigenvalue weighted by atomic mass is 32.2. The molecule has 0 aliphatic carbocycles. The molecule has 1 aromatic carbocycles. The molecule has 0 unspecified atom stereocenters. The molecule has 2 rings (SSSR count). The van der Waals surface area contributed by atoms with E-state index in [2.05, 4.69) is 35.6 Å². The Balaban J connectivity index is 1.75. The van der Waals surface area contributed by atoms with Crippen LogP contribution in [0.3, 0.4) is 0 Å². The number of imidazole rings is 1. The second-order valence-electron chi connectivity index (χ2n) is 6.37. The molecule has 0 bridgehead atoms. The van der Waals surface area contributed by atoms with Crippen molar-refractivity contribution in [1.82, 2.24) is 14.9 Å². The van der Waals surface area contributed by atoms with Crippen molar-refractivity contribution in [3.63, 3.8) is 0 Å². The highest BCUT2D eigenvalue weighted by Gasteiger charge is 2.14. The maximum Gasteiger partial charge on any atom is 0.230 e. The molecule has 1 amide bonds. The number of aryl methyl sites for hydroxylation is 1. The highest BCUT2D eigenvalue weighted by Crippen LogP contribution is 2.22. The number of thioether (sulfide) groups is 1. The first-order valence-corrected chi connectivity index (χ1v) is 9.57. The van der Waals surface area contributed by atoms with Gasteiger partial charge in [0.25, 0.3) is 0 Å². The number of para-hydroxylation sites is 1. The Hall–Kier alpha value is -1.95. The molecule has 5 nitrogen and oxygen atoms in total. The quantitative estimate of drug-likeness (QED) is 0.549. The molecule has 6 heteroatoms. The van der Waals surface area contributed by atoms with Crippen LogP contribution >= 0.6 is 11.8 Å². The molecule has 1 aromatic heterocycles. The van der Waals surface area contributed by atoms with Gasteiger partial charge in [-0.25, -0.2) is 4.98 Å². The lowest BCUT2D eigenvalue weighted by Gasteiger charge is -2.12. The van der Waals surface area contributed by atoms with Crippen molar-refractivity contribution in [3.05, 3.63) is 41.7 Å². The summed E-state index contributed by atoms with van der Waals surface area (Å²) in [4.78, 5) is 16.6. The molecule has 0 saturated carbocycles. The van der Waals surface area contributed by atoms with Crippen LogP contribution in [0.5, 0.6) is 5.75 Å². The lowest BCUT2D eigenvalue weighted by molar-refractivity contribution is -0.118. The van der Waals surface area contributed by atoms with Crippen LogP contribution in [-0.2, 0) is 11.3 Å². The predicted molar refractivity (Wildman–Crippen MR) is 102 cm³/mol. The number of carbonyl (C=O) groups is 1. The van der Waals surface area contributed by atoms with Gasteiger partial charge in [-0.15, -0.1) is 0 Å². The largest absolute Gasteiger partial charge is 0.492 e. The Bertz CT molecular complexity index is 683. The number of aromatic nitrogens is 2. The third-order valence-corrected chi connectivity index (χ3v) is 4.72. The van der Waals surface area contributed by atoms with Crippen LogP contribution in [0.1, 0.15) is 25.2 Å². The van der Waals surface area contributed by atoms with E-state index in [1.165, 1.54) is 17.5 Å². The van der Waals surface area contributed by atoms with Gasteiger partial charge >= 0.3 is 0 Å². The first kappa shape index (κ1) is 19.4. The number of hydrogen-bond donors (Lipinski definition) is 1. The monoisotopic (exact) mass is 361 g/mol. The molecule has 0 fully saturated rings. The number of rotatable bonds is 9. The molecule has 0 spiro atoms. The van der Waals surface area contributed by atoms with E-state index in [0.29, 0.717) is 24.8 Å². The minimum Gasteiger partial charge on any atom is -0.492 e.